The predicted octanol–water partition coefficient (Wildman–Crippen LogP) is 2.93. The lowest BCUT2D eigenvalue weighted by molar-refractivity contribution is -0.152. The molecule has 2 aliphatic rings. The Hall–Kier alpha value is -2.95. The molecule has 1 N–H and O–H groups in total. The van der Waals surface area contributed by atoms with Gasteiger partial charge in [0, 0.05) is 37.1 Å². The molecule has 1 amide bonds. The van der Waals surface area contributed by atoms with E-state index in [0.717, 1.165) is 18.7 Å². The molecule has 11 heteroatoms. The van der Waals surface area contributed by atoms with E-state index >= 15 is 0 Å². The maximum Gasteiger partial charge on any atom is 0.416 e. The fourth-order valence-corrected chi connectivity index (χ4v) is 4.87. The van der Waals surface area contributed by atoms with Crippen molar-refractivity contribution in [2.24, 2.45) is 5.92 Å². The number of piperidine rings is 1. The maximum atomic E-state index is 13.3. The number of carbonyl (C=O) groups excluding carboxylic acids is 2. The molecule has 3 unspecified atom stereocenters. The topological polar surface area (TPSA) is 87.7 Å². The molecule has 8 nitrogen and oxygen atoms in total. The molecule has 184 valence electrons. The summed E-state index contributed by atoms with van der Waals surface area (Å²) >= 11 is 0. The standard InChI is InChI=1S/C23H28F3N5O3/c1-13(2)30-8-7-19(16(11-30)22(33)34-3)31-9-6-18(21(31)32)29-20-15-10-14(23(24,25)26)4-5-17(15)27-12-28-20/h4-5,10,12-13,16,18-19H,6-9,11H2,1-3H3,(H,27,28,29). The molecule has 2 saturated heterocycles. The van der Waals surface area contributed by atoms with Crippen LogP contribution in [-0.4, -0.2) is 76.5 Å². The zero-order valence-electron chi connectivity index (χ0n) is 19.3. The fourth-order valence-electron chi connectivity index (χ4n) is 4.87. The van der Waals surface area contributed by atoms with Crippen molar-refractivity contribution in [1.82, 2.24) is 19.8 Å². The third-order valence-corrected chi connectivity index (χ3v) is 6.76. The summed E-state index contributed by atoms with van der Waals surface area (Å²) in [6.45, 7) is 5.83. The van der Waals surface area contributed by atoms with E-state index in [-0.39, 0.29) is 35.2 Å². The molecule has 0 spiro atoms. The van der Waals surface area contributed by atoms with Gasteiger partial charge in [-0.15, -0.1) is 0 Å². The number of rotatable bonds is 5. The van der Waals surface area contributed by atoms with Crippen LogP contribution >= 0.6 is 0 Å². The second-order valence-corrected chi connectivity index (χ2v) is 9.04. The number of ether oxygens (including phenoxy) is 1. The number of benzene rings is 1. The van der Waals surface area contributed by atoms with Crippen molar-refractivity contribution in [2.45, 2.75) is 51.0 Å². The number of amides is 1. The summed E-state index contributed by atoms with van der Waals surface area (Å²) in [5, 5.41) is 3.23. The molecule has 34 heavy (non-hydrogen) atoms. The fraction of sp³-hybridized carbons (Fsp3) is 0.565. The van der Waals surface area contributed by atoms with Crippen molar-refractivity contribution < 1.29 is 27.5 Å². The predicted molar refractivity (Wildman–Crippen MR) is 119 cm³/mol. The van der Waals surface area contributed by atoms with Gasteiger partial charge in [0.1, 0.15) is 18.2 Å². The minimum Gasteiger partial charge on any atom is -0.469 e. The minimum absolute atomic E-state index is 0.176. The average molecular weight is 480 g/mol. The molecule has 1 aromatic carbocycles. The monoisotopic (exact) mass is 479 g/mol. The summed E-state index contributed by atoms with van der Waals surface area (Å²) in [7, 11) is 1.35. The lowest BCUT2D eigenvalue weighted by atomic mass is 9.90. The molecular formula is C23H28F3N5O3. The van der Waals surface area contributed by atoms with Gasteiger partial charge in [0.15, 0.2) is 0 Å². The van der Waals surface area contributed by atoms with Crippen LogP contribution in [0.5, 0.6) is 0 Å². The Labute approximate surface area is 195 Å². The molecular weight excluding hydrogens is 451 g/mol. The smallest absolute Gasteiger partial charge is 0.416 e. The molecule has 1 aromatic heterocycles. The van der Waals surface area contributed by atoms with E-state index in [1.807, 2.05) is 0 Å². The van der Waals surface area contributed by atoms with Crippen LogP contribution in [-0.2, 0) is 20.5 Å². The highest BCUT2D eigenvalue weighted by Crippen LogP contribution is 2.34. The second-order valence-electron chi connectivity index (χ2n) is 9.04. The largest absolute Gasteiger partial charge is 0.469 e. The summed E-state index contributed by atoms with van der Waals surface area (Å²) in [4.78, 5) is 37.9. The third kappa shape index (κ3) is 4.66. The number of likely N-dealkylation sites (tertiary alicyclic amines) is 2. The van der Waals surface area contributed by atoms with Crippen molar-refractivity contribution in [3.63, 3.8) is 0 Å². The number of alkyl halides is 3. The number of esters is 1. The number of methoxy groups -OCH3 is 1. The molecule has 0 aliphatic carbocycles. The molecule has 0 radical (unpaired) electrons. The highest BCUT2D eigenvalue weighted by molar-refractivity contribution is 5.93. The lowest BCUT2D eigenvalue weighted by Crippen LogP contribution is -2.56. The number of halogens is 3. The summed E-state index contributed by atoms with van der Waals surface area (Å²) in [6, 6.07) is 2.57. The van der Waals surface area contributed by atoms with Crippen molar-refractivity contribution in [3.8, 4) is 0 Å². The van der Waals surface area contributed by atoms with Crippen molar-refractivity contribution in [2.75, 3.05) is 32.1 Å². The Kier molecular flexibility index (Phi) is 6.66. The molecule has 3 heterocycles. The van der Waals surface area contributed by atoms with E-state index in [2.05, 4.69) is 34.0 Å². The number of hydrogen-bond donors (Lipinski definition) is 1. The van der Waals surface area contributed by atoms with Crippen LogP contribution in [0.3, 0.4) is 0 Å². The first-order chi connectivity index (χ1) is 16.1. The highest BCUT2D eigenvalue weighted by atomic mass is 19.4. The lowest BCUT2D eigenvalue weighted by Gasteiger charge is -2.42. The Bertz CT molecular complexity index is 1080. The molecule has 3 atom stereocenters. The number of hydrogen-bond acceptors (Lipinski definition) is 7. The first kappa shape index (κ1) is 24.2. The van der Waals surface area contributed by atoms with Crippen LogP contribution in [0.4, 0.5) is 19.0 Å². The summed E-state index contributed by atoms with van der Waals surface area (Å²) < 4.78 is 44.7. The van der Waals surface area contributed by atoms with E-state index in [1.54, 1.807) is 4.90 Å². The Morgan fingerprint density at radius 1 is 1.21 bits per heavy atom. The maximum absolute atomic E-state index is 13.3. The van der Waals surface area contributed by atoms with Crippen molar-refractivity contribution in [1.29, 1.82) is 0 Å². The van der Waals surface area contributed by atoms with E-state index in [9.17, 15) is 22.8 Å². The van der Waals surface area contributed by atoms with Gasteiger partial charge in [0.2, 0.25) is 5.91 Å². The van der Waals surface area contributed by atoms with Crippen LogP contribution in [0, 0.1) is 5.92 Å². The van der Waals surface area contributed by atoms with Gasteiger partial charge in [0.05, 0.1) is 24.1 Å². The van der Waals surface area contributed by atoms with Gasteiger partial charge in [-0.1, -0.05) is 0 Å². The number of aromatic nitrogens is 2. The van der Waals surface area contributed by atoms with Gasteiger partial charge in [-0.2, -0.15) is 13.2 Å². The SMILES string of the molecule is COC(=O)C1CN(C(C)C)CCC1N1CCC(Nc2ncnc3ccc(C(F)(F)F)cc23)C1=O. The van der Waals surface area contributed by atoms with Gasteiger partial charge in [0.25, 0.3) is 0 Å². The average Bonchev–Trinajstić information content (AvgIpc) is 3.17. The van der Waals surface area contributed by atoms with Gasteiger partial charge in [-0.25, -0.2) is 9.97 Å². The highest BCUT2D eigenvalue weighted by Gasteiger charge is 2.44. The van der Waals surface area contributed by atoms with Crippen LogP contribution < -0.4 is 5.32 Å². The van der Waals surface area contributed by atoms with Crippen LogP contribution in [0.1, 0.15) is 32.3 Å². The van der Waals surface area contributed by atoms with Crippen molar-refractivity contribution >= 4 is 28.6 Å². The quantitative estimate of drug-likeness (QED) is 0.660. The zero-order chi connectivity index (χ0) is 24.6. The molecule has 2 aliphatic heterocycles. The number of fused-ring (bicyclic) bond motifs is 1. The molecule has 0 bridgehead atoms. The van der Waals surface area contributed by atoms with E-state index < -0.39 is 23.7 Å². The van der Waals surface area contributed by atoms with E-state index in [4.69, 9.17) is 4.74 Å². The zero-order valence-corrected chi connectivity index (χ0v) is 19.3. The number of nitrogens with zero attached hydrogens (tertiary/aromatic N) is 4. The van der Waals surface area contributed by atoms with Gasteiger partial charge in [-0.3, -0.25) is 14.5 Å². The molecule has 2 aromatic rings. The summed E-state index contributed by atoms with van der Waals surface area (Å²) in [5.41, 5.74) is -0.463. The molecule has 2 fully saturated rings. The van der Waals surface area contributed by atoms with Crippen LogP contribution in [0.15, 0.2) is 24.5 Å². The second kappa shape index (κ2) is 9.36. The van der Waals surface area contributed by atoms with E-state index in [0.29, 0.717) is 31.4 Å². The number of nitrogens with one attached hydrogen (secondary N) is 1. The molecule has 0 saturated carbocycles. The van der Waals surface area contributed by atoms with Gasteiger partial charge >= 0.3 is 12.1 Å². The third-order valence-electron chi connectivity index (χ3n) is 6.76. The first-order valence-corrected chi connectivity index (χ1v) is 11.3. The minimum atomic E-state index is -4.50. The normalized spacial score (nSPS) is 24.1. The van der Waals surface area contributed by atoms with Crippen LogP contribution in [0.25, 0.3) is 10.9 Å². The molecule has 4 rings (SSSR count). The number of carbonyl (C=O) groups is 2. The number of anilines is 1. The van der Waals surface area contributed by atoms with Gasteiger partial charge < -0.3 is 15.0 Å². The Balaban J connectivity index is 1.55. The van der Waals surface area contributed by atoms with Crippen molar-refractivity contribution in [3.05, 3.63) is 30.1 Å². The summed E-state index contributed by atoms with van der Waals surface area (Å²) in [6.07, 6.45) is -2.16. The Morgan fingerprint density at radius 2 is 1.97 bits per heavy atom. The first-order valence-electron chi connectivity index (χ1n) is 11.3. The Morgan fingerprint density at radius 3 is 2.65 bits per heavy atom. The van der Waals surface area contributed by atoms with Gasteiger partial charge in [-0.05, 0) is 44.9 Å². The van der Waals surface area contributed by atoms with E-state index in [1.165, 1.54) is 19.5 Å². The summed E-state index contributed by atoms with van der Waals surface area (Å²) in [5.74, 6) is -0.829. The van der Waals surface area contributed by atoms with Crippen LogP contribution in [0.2, 0.25) is 0 Å².